The fraction of sp³-hybridized carbons (Fsp3) is 0.455. The molecule has 2 N–H and O–H groups in total. The van der Waals surface area contributed by atoms with Gasteiger partial charge < -0.3 is 15.2 Å². The van der Waals surface area contributed by atoms with Crippen LogP contribution in [-0.2, 0) is 9.47 Å². The van der Waals surface area contributed by atoms with Gasteiger partial charge in [0.2, 0.25) is 0 Å². The van der Waals surface area contributed by atoms with Gasteiger partial charge >= 0.3 is 0 Å². The van der Waals surface area contributed by atoms with E-state index in [0.717, 1.165) is 34.2 Å². The van der Waals surface area contributed by atoms with E-state index < -0.39 is 0 Å². The highest BCUT2D eigenvalue weighted by Crippen LogP contribution is 2.27. The summed E-state index contributed by atoms with van der Waals surface area (Å²) >= 11 is 3.16. The minimum Gasteiger partial charge on any atom is -0.383 e. The summed E-state index contributed by atoms with van der Waals surface area (Å²) in [5.74, 6) is 1.39. The molecule has 1 saturated heterocycles. The van der Waals surface area contributed by atoms with Crippen molar-refractivity contribution in [2.24, 2.45) is 0 Å². The van der Waals surface area contributed by atoms with Crippen LogP contribution in [0.25, 0.3) is 10.2 Å². The number of nitrogens with zero attached hydrogens (tertiary/aromatic N) is 2. The molecule has 3 heterocycles. The van der Waals surface area contributed by atoms with Crippen LogP contribution < -0.4 is 5.73 Å². The Morgan fingerprint density at radius 1 is 1.50 bits per heavy atom. The number of ether oxygens (including phenoxy) is 2. The summed E-state index contributed by atoms with van der Waals surface area (Å²) in [5.41, 5.74) is 5.90. The molecule has 0 spiro atoms. The van der Waals surface area contributed by atoms with E-state index in [9.17, 15) is 0 Å². The normalized spacial score (nSPS) is 20.3. The fourth-order valence-corrected chi connectivity index (χ4v) is 3.47. The van der Waals surface area contributed by atoms with Crippen molar-refractivity contribution in [2.45, 2.75) is 17.7 Å². The van der Waals surface area contributed by atoms with Crippen molar-refractivity contribution in [3.63, 3.8) is 0 Å². The Kier molecular flexibility index (Phi) is 3.64. The van der Waals surface area contributed by atoms with Crippen molar-refractivity contribution in [2.75, 3.05) is 24.9 Å². The van der Waals surface area contributed by atoms with Gasteiger partial charge in [-0.2, -0.15) is 0 Å². The molecule has 1 fully saturated rings. The molecule has 7 heteroatoms. The third kappa shape index (κ3) is 2.59. The lowest BCUT2D eigenvalue weighted by molar-refractivity contribution is -0.130. The summed E-state index contributed by atoms with van der Waals surface area (Å²) in [5, 5.41) is 3.63. The lowest BCUT2D eigenvalue weighted by Gasteiger charge is -2.21. The molecule has 0 saturated carbocycles. The first-order chi connectivity index (χ1) is 8.83. The van der Waals surface area contributed by atoms with Gasteiger partial charge in [0.15, 0.2) is 5.16 Å². The third-order valence-corrected chi connectivity index (χ3v) is 4.49. The Hall–Kier alpha value is -0.890. The summed E-state index contributed by atoms with van der Waals surface area (Å²) in [7, 11) is 0. The van der Waals surface area contributed by atoms with Crippen molar-refractivity contribution in [1.29, 1.82) is 0 Å². The zero-order valence-corrected chi connectivity index (χ0v) is 11.3. The lowest BCUT2D eigenvalue weighted by atomic mass is 10.3. The highest BCUT2D eigenvalue weighted by Gasteiger charge is 2.15. The molecular formula is C11H13N3O2S2. The van der Waals surface area contributed by atoms with Crippen molar-refractivity contribution >= 4 is 39.1 Å². The maximum atomic E-state index is 5.90. The summed E-state index contributed by atoms with van der Waals surface area (Å²) in [6, 6.07) is 1.95. The molecule has 1 aliphatic heterocycles. The average Bonchev–Trinajstić information content (AvgIpc) is 2.86. The number of hydrogen-bond acceptors (Lipinski definition) is 7. The zero-order valence-electron chi connectivity index (χ0n) is 9.67. The zero-order chi connectivity index (χ0) is 12.4. The van der Waals surface area contributed by atoms with Crippen LogP contribution in [0.4, 0.5) is 5.82 Å². The van der Waals surface area contributed by atoms with Crippen molar-refractivity contribution < 1.29 is 9.47 Å². The van der Waals surface area contributed by atoms with Crippen LogP contribution >= 0.6 is 23.1 Å². The van der Waals surface area contributed by atoms with E-state index in [1.807, 2.05) is 11.4 Å². The Bertz CT molecular complexity index is 540. The Labute approximate surface area is 113 Å². The summed E-state index contributed by atoms with van der Waals surface area (Å²) < 4.78 is 10.6. The van der Waals surface area contributed by atoms with Gasteiger partial charge in [0.25, 0.3) is 0 Å². The lowest BCUT2D eigenvalue weighted by Crippen LogP contribution is -2.25. The monoisotopic (exact) mass is 283 g/mol. The van der Waals surface area contributed by atoms with Gasteiger partial charge in [0.05, 0.1) is 18.1 Å². The molecule has 5 nitrogen and oxygen atoms in total. The minimum atomic E-state index is 0.215. The largest absolute Gasteiger partial charge is 0.383 e. The number of hydrogen-bond donors (Lipinski definition) is 1. The number of fused-ring (bicyclic) bond motifs is 1. The summed E-state index contributed by atoms with van der Waals surface area (Å²) in [6.45, 7) is 1.15. The highest BCUT2D eigenvalue weighted by atomic mass is 32.2. The summed E-state index contributed by atoms with van der Waals surface area (Å²) in [4.78, 5) is 9.73. The first-order valence-electron chi connectivity index (χ1n) is 5.66. The average molecular weight is 283 g/mol. The predicted octanol–water partition coefficient (Wildman–Crippen LogP) is 2.13. The second-order valence-corrected chi connectivity index (χ2v) is 5.83. The van der Waals surface area contributed by atoms with Gasteiger partial charge in [-0.15, -0.1) is 11.3 Å². The van der Waals surface area contributed by atoms with Gasteiger partial charge in [-0.05, 0) is 17.9 Å². The molecule has 96 valence electrons. The molecule has 0 aromatic carbocycles. The molecule has 18 heavy (non-hydrogen) atoms. The molecular weight excluding hydrogens is 270 g/mol. The van der Waals surface area contributed by atoms with E-state index in [2.05, 4.69) is 9.97 Å². The van der Waals surface area contributed by atoms with E-state index in [1.165, 1.54) is 0 Å². The smallest absolute Gasteiger partial charge is 0.190 e. The van der Waals surface area contributed by atoms with Gasteiger partial charge in [-0.3, -0.25) is 0 Å². The molecule has 0 radical (unpaired) electrons. The molecule has 0 amide bonds. The topological polar surface area (TPSA) is 70.3 Å². The van der Waals surface area contributed by atoms with Crippen LogP contribution in [0, 0.1) is 0 Å². The van der Waals surface area contributed by atoms with Crippen LogP contribution in [0.15, 0.2) is 16.6 Å². The molecule has 2 aromatic heterocycles. The van der Waals surface area contributed by atoms with E-state index in [4.69, 9.17) is 15.2 Å². The van der Waals surface area contributed by atoms with Gasteiger partial charge in [0, 0.05) is 5.75 Å². The molecule has 1 unspecified atom stereocenters. The van der Waals surface area contributed by atoms with Crippen LogP contribution in [0.2, 0.25) is 0 Å². The highest BCUT2D eigenvalue weighted by molar-refractivity contribution is 7.99. The van der Waals surface area contributed by atoms with Crippen molar-refractivity contribution in [3.8, 4) is 0 Å². The number of rotatable bonds is 3. The first-order valence-corrected chi connectivity index (χ1v) is 7.52. The van der Waals surface area contributed by atoms with E-state index in [1.54, 1.807) is 23.1 Å². The standard InChI is InChI=1S/C11H13N3O2S2/c12-9-8-2-4-17-10(8)14-11(13-9)18-5-7-1-3-15-6-16-7/h2,4,7H,1,3,5-6H2,(H2,12,13,14). The molecule has 2 aromatic rings. The second-order valence-electron chi connectivity index (χ2n) is 3.95. The van der Waals surface area contributed by atoms with Gasteiger partial charge in [-0.25, -0.2) is 9.97 Å². The Morgan fingerprint density at radius 3 is 3.28 bits per heavy atom. The van der Waals surface area contributed by atoms with Crippen LogP contribution in [0.1, 0.15) is 6.42 Å². The molecule has 1 aliphatic rings. The number of thioether (sulfide) groups is 1. The quantitative estimate of drug-likeness (QED) is 0.687. The molecule has 1 atom stereocenters. The molecule has 0 bridgehead atoms. The number of nitrogen functional groups attached to an aromatic ring is 1. The maximum absolute atomic E-state index is 5.90. The minimum absolute atomic E-state index is 0.215. The fourth-order valence-electron chi connectivity index (χ4n) is 1.72. The van der Waals surface area contributed by atoms with E-state index >= 15 is 0 Å². The van der Waals surface area contributed by atoms with Crippen molar-refractivity contribution in [3.05, 3.63) is 11.4 Å². The van der Waals surface area contributed by atoms with Crippen LogP contribution in [0.3, 0.4) is 0 Å². The number of thiophene rings is 1. The summed E-state index contributed by atoms with van der Waals surface area (Å²) in [6.07, 6.45) is 1.14. The maximum Gasteiger partial charge on any atom is 0.190 e. The van der Waals surface area contributed by atoms with Crippen LogP contribution in [-0.4, -0.2) is 35.2 Å². The van der Waals surface area contributed by atoms with Gasteiger partial charge in [0.1, 0.15) is 17.4 Å². The number of nitrogens with two attached hydrogens (primary N) is 1. The van der Waals surface area contributed by atoms with Gasteiger partial charge in [-0.1, -0.05) is 11.8 Å². The second kappa shape index (κ2) is 5.40. The first kappa shape index (κ1) is 12.2. The number of aromatic nitrogens is 2. The molecule has 3 rings (SSSR count). The predicted molar refractivity (Wildman–Crippen MR) is 72.9 cm³/mol. The van der Waals surface area contributed by atoms with Crippen LogP contribution in [0.5, 0.6) is 0 Å². The SMILES string of the molecule is Nc1nc(SCC2CCOCO2)nc2sccc12. The van der Waals surface area contributed by atoms with E-state index in [0.29, 0.717) is 12.6 Å². The Morgan fingerprint density at radius 2 is 2.44 bits per heavy atom. The number of anilines is 1. The third-order valence-electron chi connectivity index (χ3n) is 2.70. The van der Waals surface area contributed by atoms with Crippen molar-refractivity contribution in [1.82, 2.24) is 9.97 Å². The Balaban J connectivity index is 1.70. The molecule has 0 aliphatic carbocycles. The van der Waals surface area contributed by atoms with E-state index in [-0.39, 0.29) is 6.10 Å².